The fraction of sp³-hybridized carbons (Fsp3) is 0.615. The molecule has 0 bridgehead atoms. The summed E-state index contributed by atoms with van der Waals surface area (Å²) in [5, 5.41) is 3.51. The Kier molecular flexibility index (Phi) is 6.02. The Morgan fingerprint density at radius 1 is 1.27 bits per heavy atom. The van der Waals surface area contributed by atoms with Gasteiger partial charge in [0.05, 0.1) is 0 Å². The second-order valence-corrected chi connectivity index (χ2v) is 4.08. The Bertz CT molecular complexity index is 246. The molecule has 2 nitrogen and oxygen atoms in total. The molecule has 1 aromatic heterocycles. The van der Waals surface area contributed by atoms with E-state index in [9.17, 15) is 0 Å². The van der Waals surface area contributed by atoms with Gasteiger partial charge in [0.15, 0.2) is 0 Å². The topological polar surface area (TPSA) is 24.9 Å². The first-order valence-electron chi connectivity index (χ1n) is 5.95. The number of hydrogen-bond acceptors (Lipinski definition) is 2. The summed E-state index contributed by atoms with van der Waals surface area (Å²) in [7, 11) is 0. The molecular formula is C13H22N2. The average molecular weight is 206 g/mol. The minimum atomic E-state index is 0.658. The van der Waals surface area contributed by atoms with E-state index in [2.05, 4.69) is 36.3 Å². The van der Waals surface area contributed by atoms with Crippen molar-refractivity contribution in [2.24, 2.45) is 0 Å². The molecule has 1 atom stereocenters. The number of hydrogen-bond donors (Lipinski definition) is 1. The van der Waals surface area contributed by atoms with Crippen LogP contribution in [-0.2, 0) is 6.42 Å². The van der Waals surface area contributed by atoms with Crippen LogP contribution in [0.25, 0.3) is 0 Å². The summed E-state index contributed by atoms with van der Waals surface area (Å²) in [6, 6.07) is 4.86. The van der Waals surface area contributed by atoms with E-state index in [0.717, 1.165) is 6.54 Å². The monoisotopic (exact) mass is 206 g/mol. The minimum Gasteiger partial charge on any atom is -0.314 e. The number of aryl methyl sites for hydroxylation is 1. The van der Waals surface area contributed by atoms with E-state index in [1.165, 1.54) is 31.2 Å². The second kappa shape index (κ2) is 7.41. The molecule has 15 heavy (non-hydrogen) atoms. The molecule has 0 unspecified atom stereocenters. The van der Waals surface area contributed by atoms with Crippen molar-refractivity contribution in [3.8, 4) is 0 Å². The fourth-order valence-corrected chi connectivity index (χ4v) is 1.50. The van der Waals surface area contributed by atoms with Crippen molar-refractivity contribution in [2.75, 3.05) is 6.54 Å². The zero-order valence-electron chi connectivity index (χ0n) is 9.87. The number of rotatable bonds is 7. The molecular weight excluding hydrogens is 184 g/mol. The Labute approximate surface area is 93.1 Å². The Hall–Kier alpha value is -0.890. The van der Waals surface area contributed by atoms with Gasteiger partial charge in [0, 0.05) is 18.4 Å². The summed E-state index contributed by atoms with van der Waals surface area (Å²) < 4.78 is 0. The lowest BCUT2D eigenvalue weighted by Crippen LogP contribution is -2.26. The van der Waals surface area contributed by atoms with Crippen LogP contribution in [0.5, 0.6) is 0 Å². The van der Waals surface area contributed by atoms with Crippen molar-refractivity contribution in [1.29, 1.82) is 0 Å². The SMILES string of the molecule is CC[C@H](C)NCCCCc1ccncc1. The van der Waals surface area contributed by atoms with Gasteiger partial charge >= 0.3 is 0 Å². The van der Waals surface area contributed by atoms with E-state index < -0.39 is 0 Å². The highest BCUT2D eigenvalue weighted by atomic mass is 14.9. The number of unbranched alkanes of at least 4 members (excludes halogenated alkanes) is 1. The molecule has 0 saturated heterocycles. The van der Waals surface area contributed by atoms with Crippen LogP contribution in [0.1, 0.15) is 38.7 Å². The zero-order valence-corrected chi connectivity index (χ0v) is 9.87. The number of aromatic nitrogens is 1. The van der Waals surface area contributed by atoms with Gasteiger partial charge < -0.3 is 5.32 Å². The summed E-state index contributed by atoms with van der Waals surface area (Å²) in [4.78, 5) is 4.01. The van der Waals surface area contributed by atoms with Crippen LogP contribution in [0.15, 0.2) is 24.5 Å². The molecule has 0 radical (unpaired) electrons. The summed E-state index contributed by atoms with van der Waals surface area (Å²) in [6.07, 6.45) is 8.63. The van der Waals surface area contributed by atoms with Crippen LogP contribution in [-0.4, -0.2) is 17.6 Å². The molecule has 2 heteroatoms. The van der Waals surface area contributed by atoms with Crippen molar-refractivity contribution in [1.82, 2.24) is 10.3 Å². The minimum absolute atomic E-state index is 0.658. The standard InChI is InChI=1S/C13H22N2/c1-3-12(2)15-9-5-4-6-13-7-10-14-11-8-13/h7-8,10-12,15H,3-6,9H2,1-2H3/t12-/m0/s1. The highest BCUT2D eigenvalue weighted by molar-refractivity contribution is 5.09. The summed E-state index contributed by atoms with van der Waals surface area (Å²) >= 11 is 0. The Morgan fingerprint density at radius 3 is 2.67 bits per heavy atom. The normalized spacial score (nSPS) is 12.7. The van der Waals surface area contributed by atoms with Crippen molar-refractivity contribution in [3.63, 3.8) is 0 Å². The van der Waals surface area contributed by atoms with E-state index in [1.807, 2.05) is 12.4 Å². The van der Waals surface area contributed by atoms with E-state index in [4.69, 9.17) is 0 Å². The molecule has 0 aliphatic heterocycles. The third-order valence-electron chi connectivity index (χ3n) is 2.75. The van der Waals surface area contributed by atoms with Crippen LogP contribution in [0.2, 0.25) is 0 Å². The quantitative estimate of drug-likeness (QED) is 0.694. The number of nitrogens with one attached hydrogen (secondary N) is 1. The van der Waals surface area contributed by atoms with Gasteiger partial charge in [0.1, 0.15) is 0 Å². The van der Waals surface area contributed by atoms with E-state index in [-0.39, 0.29) is 0 Å². The van der Waals surface area contributed by atoms with Gasteiger partial charge in [-0.05, 0) is 56.8 Å². The first-order chi connectivity index (χ1) is 7.33. The number of pyridine rings is 1. The van der Waals surface area contributed by atoms with Crippen LogP contribution in [0.4, 0.5) is 0 Å². The molecule has 84 valence electrons. The average Bonchev–Trinajstić information content (AvgIpc) is 2.29. The molecule has 1 heterocycles. The van der Waals surface area contributed by atoms with Gasteiger partial charge in [0.25, 0.3) is 0 Å². The van der Waals surface area contributed by atoms with Crippen molar-refractivity contribution in [2.45, 2.75) is 45.6 Å². The third-order valence-corrected chi connectivity index (χ3v) is 2.75. The molecule has 0 aromatic carbocycles. The van der Waals surface area contributed by atoms with Gasteiger partial charge in [-0.15, -0.1) is 0 Å². The third kappa shape index (κ3) is 5.53. The zero-order chi connectivity index (χ0) is 10.9. The molecule has 0 aliphatic carbocycles. The van der Waals surface area contributed by atoms with Crippen molar-refractivity contribution in [3.05, 3.63) is 30.1 Å². The van der Waals surface area contributed by atoms with Gasteiger partial charge in [-0.3, -0.25) is 4.98 Å². The molecule has 0 fully saturated rings. The number of nitrogens with zero attached hydrogens (tertiary/aromatic N) is 1. The molecule has 0 amide bonds. The maximum absolute atomic E-state index is 4.01. The maximum atomic E-state index is 4.01. The van der Waals surface area contributed by atoms with Crippen LogP contribution in [0.3, 0.4) is 0 Å². The molecule has 0 saturated carbocycles. The Morgan fingerprint density at radius 2 is 2.00 bits per heavy atom. The predicted octanol–water partition coefficient (Wildman–Crippen LogP) is 2.79. The predicted molar refractivity (Wildman–Crippen MR) is 64.9 cm³/mol. The first kappa shape index (κ1) is 12.2. The first-order valence-corrected chi connectivity index (χ1v) is 5.95. The largest absolute Gasteiger partial charge is 0.314 e. The van der Waals surface area contributed by atoms with Crippen LogP contribution in [0, 0.1) is 0 Å². The van der Waals surface area contributed by atoms with Crippen molar-refractivity contribution >= 4 is 0 Å². The van der Waals surface area contributed by atoms with Crippen LogP contribution < -0.4 is 5.32 Å². The maximum Gasteiger partial charge on any atom is 0.0270 e. The van der Waals surface area contributed by atoms with E-state index >= 15 is 0 Å². The lowest BCUT2D eigenvalue weighted by molar-refractivity contribution is 0.516. The molecule has 1 N–H and O–H groups in total. The summed E-state index contributed by atoms with van der Waals surface area (Å²) in [5.41, 5.74) is 1.40. The fourth-order valence-electron chi connectivity index (χ4n) is 1.50. The lowest BCUT2D eigenvalue weighted by atomic mass is 10.1. The Balaban J connectivity index is 2.03. The highest BCUT2D eigenvalue weighted by Crippen LogP contribution is 2.02. The van der Waals surface area contributed by atoms with E-state index in [0.29, 0.717) is 6.04 Å². The summed E-state index contributed by atoms with van der Waals surface area (Å²) in [6.45, 7) is 5.59. The lowest BCUT2D eigenvalue weighted by Gasteiger charge is -2.10. The van der Waals surface area contributed by atoms with Gasteiger partial charge in [-0.1, -0.05) is 6.92 Å². The van der Waals surface area contributed by atoms with Gasteiger partial charge in [-0.25, -0.2) is 0 Å². The molecule has 1 rings (SSSR count). The second-order valence-electron chi connectivity index (χ2n) is 4.08. The smallest absolute Gasteiger partial charge is 0.0270 e. The van der Waals surface area contributed by atoms with Crippen LogP contribution >= 0.6 is 0 Å². The van der Waals surface area contributed by atoms with Gasteiger partial charge in [-0.2, -0.15) is 0 Å². The van der Waals surface area contributed by atoms with Gasteiger partial charge in [0.2, 0.25) is 0 Å². The molecule has 0 aliphatic rings. The van der Waals surface area contributed by atoms with E-state index in [1.54, 1.807) is 0 Å². The van der Waals surface area contributed by atoms with Crippen molar-refractivity contribution < 1.29 is 0 Å². The molecule has 0 spiro atoms. The highest BCUT2D eigenvalue weighted by Gasteiger charge is 1.96. The summed E-state index contributed by atoms with van der Waals surface area (Å²) in [5.74, 6) is 0. The molecule has 1 aromatic rings.